The van der Waals surface area contributed by atoms with Gasteiger partial charge in [0.2, 0.25) is 5.88 Å². The molecule has 0 aliphatic carbocycles. The summed E-state index contributed by atoms with van der Waals surface area (Å²) in [5.74, 6) is -1.03. The van der Waals surface area contributed by atoms with Crippen LogP contribution in [-0.4, -0.2) is 22.1 Å². The fourth-order valence-electron chi connectivity index (χ4n) is 1.79. The minimum Gasteiger partial charge on any atom is -0.480 e. The van der Waals surface area contributed by atoms with Crippen LogP contribution >= 0.6 is 0 Å². The number of carboxylic acids is 1. The van der Waals surface area contributed by atoms with Crippen LogP contribution in [0.5, 0.6) is 11.6 Å². The van der Waals surface area contributed by atoms with Crippen molar-refractivity contribution in [3.05, 3.63) is 53.7 Å². The normalized spacial score (nSPS) is 12.7. The average molecular weight is 326 g/mol. The molecule has 0 bridgehead atoms. The number of alkyl halides is 3. The van der Waals surface area contributed by atoms with Crippen LogP contribution in [0.4, 0.5) is 13.2 Å². The van der Waals surface area contributed by atoms with Gasteiger partial charge < -0.3 is 15.6 Å². The van der Waals surface area contributed by atoms with Crippen molar-refractivity contribution in [2.45, 2.75) is 18.6 Å². The van der Waals surface area contributed by atoms with E-state index in [1.807, 2.05) is 0 Å². The Labute approximate surface area is 129 Å². The van der Waals surface area contributed by atoms with Crippen molar-refractivity contribution in [3.63, 3.8) is 0 Å². The van der Waals surface area contributed by atoms with E-state index in [1.54, 1.807) is 6.07 Å². The number of benzene rings is 1. The molecule has 1 atom stereocenters. The maximum atomic E-state index is 12.6. The summed E-state index contributed by atoms with van der Waals surface area (Å²) < 4.78 is 43.1. The van der Waals surface area contributed by atoms with Gasteiger partial charge in [0, 0.05) is 12.3 Å². The summed E-state index contributed by atoms with van der Waals surface area (Å²) in [6, 6.07) is 6.37. The first kappa shape index (κ1) is 16.8. The zero-order valence-corrected chi connectivity index (χ0v) is 11.7. The summed E-state index contributed by atoms with van der Waals surface area (Å²) in [5, 5.41) is 8.72. The molecule has 5 nitrogen and oxygen atoms in total. The first-order valence-electron chi connectivity index (χ1n) is 6.54. The van der Waals surface area contributed by atoms with Gasteiger partial charge in [0.05, 0.1) is 5.56 Å². The van der Waals surface area contributed by atoms with Crippen LogP contribution in [-0.2, 0) is 17.4 Å². The molecule has 0 aliphatic rings. The predicted molar refractivity (Wildman–Crippen MR) is 75.1 cm³/mol. The molecule has 0 radical (unpaired) electrons. The molecule has 3 N–H and O–H groups in total. The molecule has 1 aromatic carbocycles. The highest BCUT2D eigenvalue weighted by Gasteiger charge is 2.30. The molecule has 2 aromatic rings. The van der Waals surface area contributed by atoms with Crippen molar-refractivity contribution in [2.24, 2.45) is 5.73 Å². The van der Waals surface area contributed by atoms with Crippen LogP contribution in [0.2, 0.25) is 0 Å². The SMILES string of the molecule is NC(Cc1ccc(Oc2cccc(C(F)(F)F)c2)nc1)C(=O)O. The molecule has 0 aliphatic heterocycles. The highest BCUT2D eigenvalue weighted by molar-refractivity contribution is 5.73. The van der Waals surface area contributed by atoms with Gasteiger partial charge >= 0.3 is 12.1 Å². The van der Waals surface area contributed by atoms with E-state index >= 15 is 0 Å². The summed E-state index contributed by atoms with van der Waals surface area (Å²) in [6.45, 7) is 0. The quantitative estimate of drug-likeness (QED) is 0.882. The van der Waals surface area contributed by atoms with Crippen molar-refractivity contribution in [2.75, 3.05) is 0 Å². The molecule has 0 saturated heterocycles. The fraction of sp³-hybridized carbons (Fsp3) is 0.200. The molecule has 0 saturated carbocycles. The second kappa shape index (κ2) is 6.66. The number of pyridine rings is 1. The third kappa shape index (κ3) is 4.68. The number of nitrogens with two attached hydrogens (primary N) is 1. The van der Waals surface area contributed by atoms with Crippen molar-refractivity contribution in [1.29, 1.82) is 0 Å². The number of halogens is 3. The molecule has 122 valence electrons. The van der Waals surface area contributed by atoms with Crippen LogP contribution < -0.4 is 10.5 Å². The fourth-order valence-corrected chi connectivity index (χ4v) is 1.79. The van der Waals surface area contributed by atoms with E-state index in [2.05, 4.69) is 4.98 Å². The standard InChI is InChI=1S/C15H13F3N2O3/c16-15(17,18)10-2-1-3-11(7-10)23-13-5-4-9(8-20-13)6-12(19)14(21)22/h1-5,7-8,12H,6,19H2,(H,21,22). The third-order valence-corrected chi connectivity index (χ3v) is 2.95. The first-order chi connectivity index (χ1) is 10.8. The number of ether oxygens (including phenoxy) is 1. The van der Waals surface area contributed by atoms with Crippen LogP contribution in [0.15, 0.2) is 42.6 Å². The number of hydrogen-bond acceptors (Lipinski definition) is 4. The lowest BCUT2D eigenvalue weighted by atomic mass is 10.1. The number of hydrogen-bond donors (Lipinski definition) is 2. The highest BCUT2D eigenvalue weighted by atomic mass is 19.4. The Balaban J connectivity index is 2.08. The Kier molecular flexibility index (Phi) is 4.85. The number of carbonyl (C=O) groups is 1. The van der Waals surface area contributed by atoms with Gasteiger partial charge in [0.15, 0.2) is 0 Å². The molecule has 2 rings (SSSR count). The minimum atomic E-state index is -4.45. The largest absolute Gasteiger partial charge is 0.480 e. The average Bonchev–Trinajstić information content (AvgIpc) is 2.48. The van der Waals surface area contributed by atoms with E-state index in [-0.39, 0.29) is 18.1 Å². The number of aliphatic carboxylic acids is 1. The molecular formula is C15H13F3N2O3. The lowest BCUT2D eigenvalue weighted by Crippen LogP contribution is -2.32. The van der Waals surface area contributed by atoms with Gasteiger partial charge in [-0.2, -0.15) is 13.2 Å². The molecule has 1 aromatic heterocycles. The van der Waals surface area contributed by atoms with E-state index in [1.165, 1.54) is 24.4 Å². The Morgan fingerprint density at radius 3 is 2.61 bits per heavy atom. The maximum Gasteiger partial charge on any atom is 0.416 e. The number of nitrogens with zero attached hydrogens (tertiary/aromatic N) is 1. The highest BCUT2D eigenvalue weighted by Crippen LogP contribution is 2.32. The molecule has 8 heteroatoms. The summed E-state index contributed by atoms with van der Waals surface area (Å²) in [7, 11) is 0. The molecule has 1 unspecified atom stereocenters. The molecule has 0 spiro atoms. The van der Waals surface area contributed by atoms with Crippen LogP contribution in [0.1, 0.15) is 11.1 Å². The Bertz CT molecular complexity index is 687. The summed E-state index contributed by atoms with van der Waals surface area (Å²) >= 11 is 0. The Hall–Kier alpha value is -2.61. The Morgan fingerprint density at radius 1 is 1.30 bits per heavy atom. The maximum absolute atomic E-state index is 12.6. The van der Waals surface area contributed by atoms with Gasteiger partial charge in [-0.15, -0.1) is 0 Å². The second-order valence-corrected chi connectivity index (χ2v) is 4.78. The predicted octanol–water partition coefficient (Wildman–Crippen LogP) is 2.85. The second-order valence-electron chi connectivity index (χ2n) is 4.78. The lowest BCUT2D eigenvalue weighted by Gasteiger charge is -2.10. The first-order valence-corrected chi connectivity index (χ1v) is 6.54. The van der Waals surface area contributed by atoms with Crippen molar-refractivity contribution in [1.82, 2.24) is 4.98 Å². The number of carboxylic acid groups (broad SMARTS) is 1. The van der Waals surface area contributed by atoms with E-state index < -0.39 is 23.8 Å². The van der Waals surface area contributed by atoms with Gasteiger partial charge in [-0.1, -0.05) is 12.1 Å². The molecule has 1 heterocycles. The van der Waals surface area contributed by atoms with Gasteiger partial charge in [-0.3, -0.25) is 4.79 Å². The zero-order valence-electron chi connectivity index (χ0n) is 11.7. The monoisotopic (exact) mass is 326 g/mol. The zero-order chi connectivity index (χ0) is 17.0. The minimum absolute atomic E-state index is 0.00214. The summed E-state index contributed by atoms with van der Waals surface area (Å²) in [4.78, 5) is 14.6. The van der Waals surface area contributed by atoms with Gasteiger partial charge in [0.25, 0.3) is 0 Å². The summed E-state index contributed by atoms with van der Waals surface area (Å²) in [5.41, 5.74) is 5.16. The molecule has 0 amide bonds. The smallest absolute Gasteiger partial charge is 0.416 e. The van der Waals surface area contributed by atoms with Crippen LogP contribution in [0.25, 0.3) is 0 Å². The van der Waals surface area contributed by atoms with E-state index in [4.69, 9.17) is 15.6 Å². The molecular weight excluding hydrogens is 313 g/mol. The van der Waals surface area contributed by atoms with Crippen LogP contribution in [0, 0.1) is 0 Å². The number of aromatic nitrogens is 1. The van der Waals surface area contributed by atoms with Gasteiger partial charge in [-0.25, -0.2) is 4.98 Å². The lowest BCUT2D eigenvalue weighted by molar-refractivity contribution is -0.139. The van der Waals surface area contributed by atoms with E-state index in [0.29, 0.717) is 5.56 Å². The van der Waals surface area contributed by atoms with Crippen LogP contribution in [0.3, 0.4) is 0 Å². The topological polar surface area (TPSA) is 85.4 Å². The summed E-state index contributed by atoms with van der Waals surface area (Å²) in [6.07, 6.45) is -3.00. The van der Waals surface area contributed by atoms with Crippen molar-refractivity contribution in [3.8, 4) is 11.6 Å². The van der Waals surface area contributed by atoms with E-state index in [9.17, 15) is 18.0 Å². The number of rotatable bonds is 5. The third-order valence-electron chi connectivity index (χ3n) is 2.95. The van der Waals surface area contributed by atoms with E-state index in [0.717, 1.165) is 12.1 Å². The van der Waals surface area contributed by atoms with Gasteiger partial charge in [0.1, 0.15) is 11.8 Å². The Morgan fingerprint density at radius 2 is 2.04 bits per heavy atom. The van der Waals surface area contributed by atoms with Gasteiger partial charge in [-0.05, 0) is 30.2 Å². The molecule has 0 fully saturated rings. The van der Waals surface area contributed by atoms with Crippen molar-refractivity contribution >= 4 is 5.97 Å². The van der Waals surface area contributed by atoms with Crippen molar-refractivity contribution < 1.29 is 27.8 Å². The molecule has 23 heavy (non-hydrogen) atoms.